The van der Waals surface area contributed by atoms with E-state index in [0.29, 0.717) is 11.5 Å². The zero-order valence-electron chi connectivity index (χ0n) is 11.2. The fraction of sp³-hybridized carbons (Fsp3) is 0.500. The maximum atomic E-state index is 11.0. The second-order valence-electron chi connectivity index (χ2n) is 4.97. The highest BCUT2D eigenvalue weighted by Gasteiger charge is 2.02. The Kier molecular flexibility index (Phi) is 4.76. The van der Waals surface area contributed by atoms with Gasteiger partial charge in [-0.3, -0.25) is 4.98 Å². The summed E-state index contributed by atoms with van der Waals surface area (Å²) in [7, 11) is 0. The van der Waals surface area contributed by atoms with Gasteiger partial charge in [0.05, 0.1) is 5.52 Å². The summed E-state index contributed by atoms with van der Waals surface area (Å²) < 4.78 is 5.04. The van der Waals surface area contributed by atoms with E-state index in [1.165, 1.54) is 0 Å². The van der Waals surface area contributed by atoms with Crippen LogP contribution in [0.25, 0.3) is 11.1 Å². The molecule has 104 valence electrons. The molecule has 0 radical (unpaired) electrons. The maximum absolute atomic E-state index is 11.0. The molecule has 1 unspecified atom stereocenters. The smallest absolute Gasteiger partial charge is 0.408 e. The first-order valence-electron chi connectivity index (χ1n) is 6.71. The SMILES string of the molecule is CC(CN)CCNCCc1ccc2[nH]c(=O)oc2c1. The van der Waals surface area contributed by atoms with Crippen molar-refractivity contribution in [1.29, 1.82) is 0 Å². The van der Waals surface area contributed by atoms with E-state index in [1.54, 1.807) is 0 Å². The van der Waals surface area contributed by atoms with E-state index < -0.39 is 5.76 Å². The number of aromatic nitrogens is 1. The summed E-state index contributed by atoms with van der Waals surface area (Å²) in [6.45, 7) is 4.80. The Morgan fingerprint density at radius 2 is 2.26 bits per heavy atom. The fourth-order valence-electron chi connectivity index (χ4n) is 1.97. The van der Waals surface area contributed by atoms with E-state index in [9.17, 15) is 4.79 Å². The van der Waals surface area contributed by atoms with Crippen LogP contribution >= 0.6 is 0 Å². The number of nitrogens with two attached hydrogens (primary N) is 1. The van der Waals surface area contributed by atoms with Crippen LogP contribution in [0.3, 0.4) is 0 Å². The van der Waals surface area contributed by atoms with Crippen molar-refractivity contribution in [1.82, 2.24) is 10.3 Å². The van der Waals surface area contributed by atoms with Crippen LogP contribution in [0, 0.1) is 5.92 Å². The Hall–Kier alpha value is -1.59. The minimum absolute atomic E-state index is 0.402. The summed E-state index contributed by atoms with van der Waals surface area (Å²) in [5.74, 6) is 0.166. The Morgan fingerprint density at radius 1 is 1.42 bits per heavy atom. The molecule has 0 amide bonds. The first-order valence-corrected chi connectivity index (χ1v) is 6.71. The van der Waals surface area contributed by atoms with Crippen molar-refractivity contribution in [2.45, 2.75) is 19.8 Å². The predicted molar refractivity (Wildman–Crippen MR) is 76.2 cm³/mol. The number of hydrogen-bond acceptors (Lipinski definition) is 4. The number of benzene rings is 1. The summed E-state index contributed by atoms with van der Waals surface area (Å²) in [4.78, 5) is 13.7. The van der Waals surface area contributed by atoms with Crippen LogP contribution in [0.2, 0.25) is 0 Å². The van der Waals surface area contributed by atoms with Gasteiger partial charge in [-0.25, -0.2) is 4.79 Å². The molecular weight excluding hydrogens is 242 g/mol. The molecule has 0 saturated heterocycles. The highest BCUT2D eigenvalue weighted by molar-refractivity contribution is 5.72. The molecule has 0 aliphatic rings. The number of H-pyrrole nitrogens is 1. The van der Waals surface area contributed by atoms with Crippen molar-refractivity contribution < 1.29 is 4.42 Å². The molecule has 5 heteroatoms. The third kappa shape index (κ3) is 3.94. The summed E-state index contributed by atoms with van der Waals surface area (Å²) in [6.07, 6.45) is 2.02. The molecule has 1 aromatic heterocycles. The zero-order chi connectivity index (χ0) is 13.7. The van der Waals surface area contributed by atoms with Crippen LogP contribution in [-0.2, 0) is 6.42 Å². The average molecular weight is 263 g/mol. The molecule has 2 rings (SSSR count). The van der Waals surface area contributed by atoms with Crippen LogP contribution in [0.4, 0.5) is 0 Å². The molecule has 5 nitrogen and oxygen atoms in total. The summed E-state index contributed by atoms with van der Waals surface area (Å²) in [5, 5.41) is 3.40. The van der Waals surface area contributed by atoms with Gasteiger partial charge in [-0.2, -0.15) is 0 Å². The Bertz CT molecular complexity index is 573. The second-order valence-corrected chi connectivity index (χ2v) is 4.97. The molecule has 0 fully saturated rings. The molecule has 0 bridgehead atoms. The summed E-state index contributed by atoms with van der Waals surface area (Å²) in [5.41, 5.74) is 8.10. The van der Waals surface area contributed by atoms with Gasteiger partial charge in [0.1, 0.15) is 0 Å². The average Bonchev–Trinajstić information content (AvgIpc) is 2.77. The second kappa shape index (κ2) is 6.54. The van der Waals surface area contributed by atoms with E-state index in [1.807, 2.05) is 18.2 Å². The van der Waals surface area contributed by atoms with Gasteiger partial charge in [-0.1, -0.05) is 13.0 Å². The maximum Gasteiger partial charge on any atom is 0.417 e. The number of rotatable bonds is 7. The van der Waals surface area contributed by atoms with Gasteiger partial charge in [0.2, 0.25) is 0 Å². The minimum Gasteiger partial charge on any atom is -0.408 e. The first-order chi connectivity index (χ1) is 9.19. The number of nitrogens with one attached hydrogen (secondary N) is 2. The van der Waals surface area contributed by atoms with E-state index in [0.717, 1.165) is 43.6 Å². The lowest BCUT2D eigenvalue weighted by Gasteiger charge is -2.09. The van der Waals surface area contributed by atoms with Gasteiger partial charge in [-0.15, -0.1) is 0 Å². The van der Waals surface area contributed by atoms with Gasteiger partial charge < -0.3 is 15.5 Å². The number of oxazole rings is 1. The van der Waals surface area contributed by atoms with Gasteiger partial charge in [-0.05, 0) is 56.1 Å². The normalized spacial score (nSPS) is 12.9. The topological polar surface area (TPSA) is 84.0 Å². The Labute approximate surface area is 112 Å². The van der Waals surface area contributed by atoms with Crippen molar-refractivity contribution >= 4 is 11.1 Å². The minimum atomic E-state index is -0.402. The molecule has 0 aliphatic carbocycles. The fourth-order valence-corrected chi connectivity index (χ4v) is 1.97. The third-order valence-corrected chi connectivity index (χ3v) is 3.29. The molecular formula is C14H21N3O2. The van der Waals surface area contributed by atoms with Crippen LogP contribution in [0.15, 0.2) is 27.4 Å². The molecule has 1 heterocycles. The summed E-state index contributed by atoms with van der Waals surface area (Å²) in [6, 6.07) is 5.81. The van der Waals surface area contributed by atoms with E-state index in [2.05, 4.69) is 17.2 Å². The van der Waals surface area contributed by atoms with Crippen LogP contribution in [0.1, 0.15) is 18.9 Å². The van der Waals surface area contributed by atoms with Crippen molar-refractivity contribution in [2.24, 2.45) is 11.7 Å². The largest absolute Gasteiger partial charge is 0.417 e. The molecule has 2 aromatic rings. The van der Waals surface area contributed by atoms with Crippen LogP contribution in [-0.4, -0.2) is 24.6 Å². The summed E-state index contributed by atoms with van der Waals surface area (Å²) >= 11 is 0. The van der Waals surface area contributed by atoms with Gasteiger partial charge in [0.15, 0.2) is 5.58 Å². The Morgan fingerprint density at radius 3 is 3.05 bits per heavy atom. The molecule has 19 heavy (non-hydrogen) atoms. The number of fused-ring (bicyclic) bond motifs is 1. The third-order valence-electron chi connectivity index (χ3n) is 3.29. The van der Waals surface area contributed by atoms with E-state index >= 15 is 0 Å². The molecule has 0 spiro atoms. The predicted octanol–water partition coefficient (Wildman–Crippen LogP) is 1.24. The highest BCUT2D eigenvalue weighted by Crippen LogP contribution is 2.12. The lowest BCUT2D eigenvalue weighted by Crippen LogP contribution is -2.22. The molecule has 1 aromatic carbocycles. The molecule has 0 aliphatic heterocycles. The van der Waals surface area contributed by atoms with Gasteiger partial charge in [0.25, 0.3) is 0 Å². The van der Waals surface area contributed by atoms with Crippen LogP contribution in [0.5, 0.6) is 0 Å². The van der Waals surface area contributed by atoms with E-state index in [-0.39, 0.29) is 0 Å². The van der Waals surface area contributed by atoms with Gasteiger partial charge in [0, 0.05) is 0 Å². The zero-order valence-corrected chi connectivity index (χ0v) is 11.2. The van der Waals surface area contributed by atoms with Crippen LogP contribution < -0.4 is 16.8 Å². The number of hydrogen-bond donors (Lipinski definition) is 3. The first kappa shape index (κ1) is 13.8. The van der Waals surface area contributed by atoms with Gasteiger partial charge >= 0.3 is 5.76 Å². The monoisotopic (exact) mass is 263 g/mol. The number of aromatic amines is 1. The van der Waals surface area contributed by atoms with Crippen molar-refractivity contribution in [3.8, 4) is 0 Å². The molecule has 0 saturated carbocycles. The standard InChI is InChI=1S/C14H21N3O2/c1-10(9-15)4-6-16-7-5-11-2-3-12-13(8-11)19-14(18)17-12/h2-3,8,10,16H,4-7,9,15H2,1H3,(H,17,18). The van der Waals surface area contributed by atoms with Crippen molar-refractivity contribution in [3.05, 3.63) is 34.3 Å². The Balaban J connectivity index is 1.80. The quantitative estimate of drug-likeness (QED) is 0.656. The highest BCUT2D eigenvalue weighted by atomic mass is 16.4. The lowest BCUT2D eigenvalue weighted by molar-refractivity contribution is 0.511. The van der Waals surface area contributed by atoms with E-state index in [4.69, 9.17) is 10.2 Å². The molecule has 4 N–H and O–H groups in total. The van der Waals surface area contributed by atoms with Crippen molar-refractivity contribution in [2.75, 3.05) is 19.6 Å². The van der Waals surface area contributed by atoms with Crippen molar-refractivity contribution in [3.63, 3.8) is 0 Å². The lowest BCUT2D eigenvalue weighted by atomic mass is 10.1. The molecule has 1 atom stereocenters.